The third-order valence-electron chi connectivity index (χ3n) is 4.13. The van der Waals surface area contributed by atoms with Crippen molar-refractivity contribution in [2.24, 2.45) is 0 Å². The van der Waals surface area contributed by atoms with E-state index in [0.717, 1.165) is 12.8 Å². The Labute approximate surface area is 112 Å². The van der Waals surface area contributed by atoms with Crippen LogP contribution in [0.15, 0.2) is 18.3 Å². The molecule has 5 nitrogen and oxygen atoms in total. The Morgan fingerprint density at radius 1 is 1.42 bits per heavy atom. The van der Waals surface area contributed by atoms with Crippen molar-refractivity contribution in [1.82, 2.24) is 9.47 Å². The smallest absolute Gasteiger partial charge is 0.329 e. The first-order valence-electron chi connectivity index (χ1n) is 6.54. The van der Waals surface area contributed by atoms with Gasteiger partial charge in [0.1, 0.15) is 11.2 Å². The van der Waals surface area contributed by atoms with Crippen LogP contribution in [0.2, 0.25) is 0 Å². The number of hydrogen-bond acceptors (Lipinski definition) is 2. The van der Waals surface area contributed by atoms with Crippen LogP contribution in [-0.4, -0.2) is 39.0 Å². The molecule has 0 atom stereocenters. The highest BCUT2D eigenvalue weighted by Gasteiger charge is 2.37. The topological polar surface area (TPSA) is 62.5 Å². The summed E-state index contributed by atoms with van der Waals surface area (Å²) < 4.78 is 1.97. The van der Waals surface area contributed by atoms with Gasteiger partial charge in [0.25, 0.3) is 5.91 Å². The Hall–Kier alpha value is -1.78. The van der Waals surface area contributed by atoms with E-state index in [2.05, 4.69) is 0 Å². The molecule has 1 N–H and O–H groups in total. The van der Waals surface area contributed by atoms with Crippen molar-refractivity contribution >= 4 is 11.9 Å². The van der Waals surface area contributed by atoms with Gasteiger partial charge in [0.05, 0.1) is 0 Å². The Morgan fingerprint density at radius 3 is 2.53 bits per heavy atom. The van der Waals surface area contributed by atoms with Crippen LogP contribution in [0, 0.1) is 0 Å². The van der Waals surface area contributed by atoms with Crippen LogP contribution in [-0.2, 0) is 4.79 Å². The first-order chi connectivity index (χ1) is 8.85. The van der Waals surface area contributed by atoms with Gasteiger partial charge in [-0.25, -0.2) is 4.79 Å². The van der Waals surface area contributed by atoms with Gasteiger partial charge in [-0.2, -0.15) is 0 Å². The molecular weight excluding hydrogens is 244 g/mol. The number of likely N-dealkylation sites (N-methyl/N-ethyl adjacent to an activating group) is 1. The first kappa shape index (κ1) is 13.6. The predicted molar refractivity (Wildman–Crippen MR) is 71.1 cm³/mol. The Kier molecular flexibility index (Phi) is 3.39. The minimum atomic E-state index is -1.22. The van der Waals surface area contributed by atoms with E-state index in [1.54, 1.807) is 6.07 Å². The summed E-state index contributed by atoms with van der Waals surface area (Å²) in [6.45, 7) is 3.06. The van der Waals surface area contributed by atoms with E-state index in [0.29, 0.717) is 11.7 Å². The average molecular weight is 264 g/mol. The molecular formula is C14H20N2O3. The summed E-state index contributed by atoms with van der Waals surface area (Å²) in [5, 5.41) is 9.19. The fraction of sp³-hybridized carbons (Fsp3) is 0.571. The van der Waals surface area contributed by atoms with Crippen LogP contribution in [0.25, 0.3) is 0 Å². The lowest BCUT2D eigenvalue weighted by Gasteiger charge is -2.34. The minimum absolute atomic E-state index is 0.246. The third kappa shape index (κ3) is 2.25. The van der Waals surface area contributed by atoms with Gasteiger partial charge in [-0.05, 0) is 45.2 Å². The molecule has 0 aliphatic heterocycles. The van der Waals surface area contributed by atoms with Crippen LogP contribution >= 0.6 is 0 Å². The van der Waals surface area contributed by atoms with Gasteiger partial charge in [0.2, 0.25) is 0 Å². The maximum absolute atomic E-state index is 12.5. The molecule has 1 heterocycles. The number of carbonyl (C=O) groups is 2. The molecule has 1 fully saturated rings. The summed E-state index contributed by atoms with van der Waals surface area (Å²) >= 11 is 0. The molecule has 1 aliphatic carbocycles. The molecule has 2 rings (SSSR count). The fourth-order valence-electron chi connectivity index (χ4n) is 2.13. The minimum Gasteiger partial charge on any atom is -0.480 e. The molecule has 1 aromatic heterocycles. The first-order valence-corrected chi connectivity index (χ1v) is 6.54. The zero-order valence-electron chi connectivity index (χ0n) is 11.6. The fourth-order valence-corrected chi connectivity index (χ4v) is 2.13. The summed E-state index contributed by atoms with van der Waals surface area (Å²) in [5.41, 5.74) is -0.646. The van der Waals surface area contributed by atoms with E-state index in [4.69, 9.17) is 0 Å². The molecule has 0 spiro atoms. The molecule has 0 bridgehead atoms. The zero-order valence-corrected chi connectivity index (χ0v) is 11.6. The molecule has 0 aromatic carbocycles. The van der Waals surface area contributed by atoms with Gasteiger partial charge in [-0.1, -0.05) is 0 Å². The maximum Gasteiger partial charge on any atom is 0.329 e. The van der Waals surface area contributed by atoms with E-state index in [1.165, 1.54) is 32.2 Å². The van der Waals surface area contributed by atoms with Crippen LogP contribution in [0.4, 0.5) is 0 Å². The SMILES string of the molecule is CN(C(=O)c1cccn1C1CCC1)C(C)(C)C(=O)O. The van der Waals surface area contributed by atoms with Crippen molar-refractivity contribution in [2.75, 3.05) is 7.05 Å². The van der Waals surface area contributed by atoms with E-state index in [1.807, 2.05) is 16.8 Å². The van der Waals surface area contributed by atoms with Crippen molar-refractivity contribution in [3.8, 4) is 0 Å². The highest BCUT2D eigenvalue weighted by molar-refractivity contribution is 5.96. The Morgan fingerprint density at radius 2 is 2.05 bits per heavy atom. The second-order valence-electron chi connectivity index (χ2n) is 5.61. The maximum atomic E-state index is 12.5. The number of aliphatic carboxylic acids is 1. The van der Waals surface area contributed by atoms with Gasteiger partial charge in [0.15, 0.2) is 0 Å². The molecule has 1 aromatic rings. The van der Waals surface area contributed by atoms with Gasteiger partial charge in [0, 0.05) is 19.3 Å². The second-order valence-corrected chi connectivity index (χ2v) is 5.61. The van der Waals surface area contributed by atoms with Crippen molar-refractivity contribution in [2.45, 2.75) is 44.7 Å². The number of carboxylic acids is 1. The lowest BCUT2D eigenvalue weighted by molar-refractivity contribution is -0.147. The van der Waals surface area contributed by atoms with E-state index >= 15 is 0 Å². The molecule has 5 heteroatoms. The van der Waals surface area contributed by atoms with Gasteiger partial charge in [-0.15, -0.1) is 0 Å². The zero-order chi connectivity index (χ0) is 14.2. The summed E-state index contributed by atoms with van der Waals surface area (Å²) in [7, 11) is 1.54. The molecule has 104 valence electrons. The number of nitrogens with zero attached hydrogens (tertiary/aromatic N) is 2. The van der Waals surface area contributed by atoms with Crippen molar-refractivity contribution < 1.29 is 14.7 Å². The van der Waals surface area contributed by atoms with Crippen LogP contribution < -0.4 is 0 Å². The van der Waals surface area contributed by atoms with Crippen molar-refractivity contribution in [3.63, 3.8) is 0 Å². The number of carbonyl (C=O) groups excluding carboxylic acids is 1. The Bertz CT molecular complexity index is 501. The molecule has 0 unspecified atom stereocenters. The van der Waals surface area contributed by atoms with Crippen molar-refractivity contribution in [1.29, 1.82) is 0 Å². The van der Waals surface area contributed by atoms with E-state index < -0.39 is 11.5 Å². The third-order valence-corrected chi connectivity index (χ3v) is 4.13. The largest absolute Gasteiger partial charge is 0.480 e. The highest BCUT2D eigenvalue weighted by Crippen LogP contribution is 2.33. The van der Waals surface area contributed by atoms with Crippen LogP contribution in [0.5, 0.6) is 0 Å². The summed E-state index contributed by atoms with van der Waals surface area (Å²) in [5.74, 6) is -1.26. The molecule has 19 heavy (non-hydrogen) atoms. The highest BCUT2D eigenvalue weighted by atomic mass is 16.4. The number of hydrogen-bond donors (Lipinski definition) is 1. The lowest BCUT2D eigenvalue weighted by atomic mass is 9.92. The monoisotopic (exact) mass is 264 g/mol. The van der Waals surface area contributed by atoms with Crippen LogP contribution in [0.1, 0.15) is 49.6 Å². The normalized spacial score (nSPS) is 15.9. The molecule has 1 amide bonds. The number of amides is 1. The summed E-state index contributed by atoms with van der Waals surface area (Å²) in [6, 6.07) is 3.98. The quantitative estimate of drug-likeness (QED) is 0.906. The second kappa shape index (κ2) is 4.72. The molecule has 0 saturated heterocycles. The Balaban J connectivity index is 2.24. The number of aromatic nitrogens is 1. The van der Waals surface area contributed by atoms with Gasteiger partial charge >= 0.3 is 5.97 Å². The molecule has 1 saturated carbocycles. The average Bonchev–Trinajstić information content (AvgIpc) is 2.73. The van der Waals surface area contributed by atoms with E-state index in [9.17, 15) is 14.7 Å². The van der Waals surface area contributed by atoms with Crippen molar-refractivity contribution in [3.05, 3.63) is 24.0 Å². The number of rotatable bonds is 4. The molecule has 1 aliphatic rings. The molecule has 0 radical (unpaired) electrons. The summed E-state index contributed by atoms with van der Waals surface area (Å²) in [4.78, 5) is 25.0. The standard InChI is InChI=1S/C14H20N2O3/c1-14(2,13(18)19)15(3)12(17)11-8-5-9-16(11)10-6-4-7-10/h5,8-10H,4,6-7H2,1-3H3,(H,18,19). The number of carboxylic acid groups (broad SMARTS) is 1. The van der Waals surface area contributed by atoms with Crippen LogP contribution in [0.3, 0.4) is 0 Å². The predicted octanol–water partition coefficient (Wildman–Crippen LogP) is 2.15. The lowest BCUT2D eigenvalue weighted by Crippen LogP contribution is -2.51. The van der Waals surface area contributed by atoms with Gasteiger partial charge < -0.3 is 14.6 Å². The van der Waals surface area contributed by atoms with E-state index in [-0.39, 0.29) is 5.91 Å². The van der Waals surface area contributed by atoms with Gasteiger partial charge in [-0.3, -0.25) is 4.79 Å². The summed E-state index contributed by atoms with van der Waals surface area (Å²) in [6.07, 6.45) is 5.26.